The van der Waals surface area contributed by atoms with Gasteiger partial charge in [-0.25, -0.2) is 0 Å². The zero-order valence-electron chi connectivity index (χ0n) is 24.1. The molecule has 1 aliphatic rings. The summed E-state index contributed by atoms with van der Waals surface area (Å²) in [6.07, 6.45) is 2.88. The Morgan fingerprint density at radius 3 is 2.58 bits per heavy atom. The van der Waals surface area contributed by atoms with E-state index >= 15 is 0 Å². The number of benzene rings is 1. The quantitative estimate of drug-likeness (QED) is 0.291. The number of fused-ring (bicyclic) bond motifs is 1. The van der Waals surface area contributed by atoms with Crippen molar-refractivity contribution in [3.63, 3.8) is 0 Å². The third kappa shape index (κ3) is 6.58. The monoisotopic (exact) mass is 578 g/mol. The van der Waals surface area contributed by atoms with E-state index in [0.29, 0.717) is 39.6 Å². The number of nitriles is 1. The van der Waals surface area contributed by atoms with Gasteiger partial charge in [-0.1, -0.05) is 64.6 Å². The van der Waals surface area contributed by atoms with Gasteiger partial charge in [0, 0.05) is 17.0 Å². The second kappa shape index (κ2) is 12.6. The lowest BCUT2D eigenvalue weighted by molar-refractivity contribution is -0.113. The van der Waals surface area contributed by atoms with Crippen LogP contribution in [0.25, 0.3) is 0 Å². The van der Waals surface area contributed by atoms with E-state index in [0.717, 1.165) is 24.8 Å². The molecule has 0 fully saturated rings. The van der Waals surface area contributed by atoms with Crippen LogP contribution in [0.4, 0.5) is 5.00 Å². The van der Waals surface area contributed by atoms with Crippen LogP contribution in [-0.4, -0.2) is 32.3 Å². The maximum atomic E-state index is 13.0. The molecular weight excluding hydrogens is 541 g/mol. The number of nitrogens with zero attached hydrogens (tertiary/aromatic N) is 4. The number of rotatable bonds is 9. The first-order chi connectivity index (χ1) is 19.0. The summed E-state index contributed by atoms with van der Waals surface area (Å²) in [4.78, 5) is 27.1. The highest BCUT2D eigenvalue weighted by Crippen LogP contribution is 2.44. The molecule has 10 heteroatoms. The molecule has 2 N–H and O–H groups in total. The lowest BCUT2D eigenvalue weighted by Crippen LogP contribution is -2.33. The summed E-state index contributed by atoms with van der Waals surface area (Å²) in [5.74, 6) is 1.09. The van der Waals surface area contributed by atoms with Gasteiger partial charge >= 0.3 is 0 Å². The lowest BCUT2D eigenvalue weighted by atomic mass is 9.72. The predicted octanol–water partition coefficient (Wildman–Crippen LogP) is 6.24. The minimum Gasteiger partial charge on any atom is -0.342 e. The van der Waals surface area contributed by atoms with Crippen molar-refractivity contribution in [2.24, 2.45) is 17.3 Å². The Bertz CT molecular complexity index is 1400. The average molecular weight is 579 g/mol. The molecule has 0 saturated heterocycles. The minimum absolute atomic E-state index is 0.0791. The number of carbonyl (C=O) groups is 2. The van der Waals surface area contributed by atoms with E-state index in [1.54, 1.807) is 23.5 Å². The average Bonchev–Trinajstić information content (AvgIpc) is 3.49. The Labute approximate surface area is 245 Å². The standard InChI is InChI=1S/C30H38N6O2S2/c1-7-36-26(25(18(2)3)33-27(38)19-11-9-8-10-12-19)34-35-29(36)39-17-24(37)32-28-22(16-31)21-14-13-20(30(4,5)6)15-23(21)40-28/h8-12,18,20,25H,7,13-15,17H2,1-6H3,(H,32,37)(H,33,38)/t20-,25+/m0/s1. The van der Waals surface area contributed by atoms with Gasteiger partial charge < -0.3 is 15.2 Å². The predicted molar refractivity (Wildman–Crippen MR) is 161 cm³/mol. The molecule has 2 amide bonds. The Morgan fingerprint density at radius 1 is 1.23 bits per heavy atom. The number of hydrogen-bond acceptors (Lipinski definition) is 7. The smallest absolute Gasteiger partial charge is 0.251 e. The molecule has 2 atom stereocenters. The number of carbonyl (C=O) groups excluding carboxylic acids is 2. The molecule has 4 rings (SSSR count). The number of thioether (sulfide) groups is 1. The van der Waals surface area contributed by atoms with Gasteiger partial charge in [-0.15, -0.1) is 21.5 Å². The highest BCUT2D eigenvalue weighted by molar-refractivity contribution is 7.99. The molecule has 2 aromatic heterocycles. The van der Waals surface area contributed by atoms with Crippen LogP contribution in [0.1, 0.15) is 86.2 Å². The molecule has 0 bridgehead atoms. The summed E-state index contributed by atoms with van der Waals surface area (Å²) in [5.41, 5.74) is 2.51. The van der Waals surface area contributed by atoms with Gasteiger partial charge in [0.1, 0.15) is 11.1 Å². The number of hydrogen-bond donors (Lipinski definition) is 2. The number of thiophene rings is 1. The number of amides is 2. The molecule has 1 aliphatic carbocycles. The Kier molecular flexibility index (Phi) is 9.37. The fraction of sp³-hybridized carbons (Fsp3) is 0.500. The van der Waals surface area contributed by atoms with Gasteiger partial charge in [0.15, 0.2) is 11.0 Å². The Morgan fingerprint density at radius 2 is 1.95 bits per heavy atom. The van der Waals surface area contributed by atoms with Crippen LogP contribution >= 0.6 is 23.1 Å². The molecule has 0 aliphatic heterocycles. The van der Waals surface area contributed by atoms with Gasteiger partial charge in [-0.2, -0.15) is 5.26 Å². The molecular formula is C30H38N6O2S2. The van der Waals surface area contributed by atoms with Gasteiger partial charge in [0.05, 0.1) is 17.4 Å². The molecule has 8 nitrogen and oxygen atoms in total. The second-order valence-corrected chi connectivity index (χ2v) is 13.7. The van der Waals surface area contributed by atoms with Crippen LogP contribution in [0, 0.1) is 28.6 Å². The highest BCUT2D eigenvalue weighted by atomic mass is 32.2. The summed E-state index contributed by atoms with van der Waals surface area (Å²) >= 11 is 2.84. The summed E-state index contributed by atoms with van der Waals surface area (Å²) in [7, 11) is 0. The molecule has 0 saturated carbocycles. The van der Waals surface area contributed by atoms with Gasteiger partial charge in [0.25, 0.3) is 5.91 Å². The minimum atomic E-state index is -0.337. The van der Waals surface area contributed by atoms with E-state index in [-0.39, 0.29) is 34.9 Å². The van der Waals surface area contributed by atoms with Gasteiger partial charge in [-0.3, -0.25) is 9.59 Å². The third-order valence-corrected chi connectivity index (χ3v) is 9.65. The summed E-state index contributed by atoms with van der Waals surface area (Å²) < 4.78 is 1.95. The number of anilines is 1. The second-order valence-electron chi connectivity index (χ2n) is 11.6. The van der Waals surface area contributed by atoms with E-state index in [1.165, 1.54) is 16.6 Å². The normalized spacial score (nSPS) is 15.8. The van der Waals surface area contributed by atoms with Crippen LogP contribution < -0.4 is 10.6 Å². The van der Waals surface area contributed by atoms with Crippen LogP contribution in [-0.2, 0) is 24.2 Å². The van der Waals surface area contributed by atoms with Gasteiger partial charge in [0.2, 0.25) is 5.91 Å². The van der Waals surface area contributed by atoms with E-state index in [2.05, 4.69) is 47.7 Å². The molecule has 40 heavy (non-hydrogen) atoms. The third-order valence-electron chi connectivity index (χ3n) is 7.52. The first kappa shape index (κ1) is 29.8. The largest absolute Gasteiger partial charge is 0.342 e. The maximum Gasteiger partial charge on any atom is 0.251 e. The molecule has 3 aromatic rings. The van der Waals surface area contributed by atoms with Crippen molar-refractivity contribution in [1.29, 1.82) is 5.26 Å². The summed E-state index contributed by atoms with van der Waals surface area (Å²) in [6.45, 7) is 13.5. The Hall–Kier alpha value is -3.16. The van der Waals surface area contributed by atoms with Crippen molar-refractivity contribution < 1.29 is 9.59 Å². The first-order valence-electron chi connectivity index (χ1n) is 13.8. The van der Waals surface area contributed by atoms with Crippen molar-refractivity contribution in [2.75, 3.05) is 11.1 Å². The molecule has 0 spiro atoms. The van der Waals surface area contributed by atoms with Crippen LogP contribution in [0.15, 0.2) is 35.5 Å². The van der Waals surface area contributed by atoms with Crippen molar-refractivity contribution in [2.45, 2.75) is 78.5 Å². The van der Waals surface area contributed by atoms with Crippen LogP contribution in [0.3, 0.4) is 0 Å². The van der Waals surface area contributed by atoms with E-state index in [1.807, 2.05) is 43.5 Å². The summed E-state index contributed by atoms with van der Waals surface area (Å²) in [6, 6.07) is 11.1. The number of aromatic nitrogens is 3. The molecule has 1 aromatic carbocycles. The van der Waals surface area contributed by atoms with E-state index in [9.17, 15) is 14.9 Å². The zero-order chi connectivity index (χ0) is 29.0. The fourth-order valence-electron chi connectivity index (χ4n) is 5.10. The lowest BCUT2D eigenvalue weighted by Gasteiger charge is -2.33. The molecule has 2 heterocycles. The molecule has 0 radical (unpaired) electrons. The first-order valence-corrected chi connectivity index (χ1v) is 15.6. The van der Waals surface area contributed by atoms with Crippen molar-refractivity contribution in [1.82, 2.24) is 20.1 Å². The van der Waals surface area contributed by atoms with E-state index in [4.69, 9.17) is 0 Å². The SMILES string of the molecule is CCn1c(SCC(=O)Nc2sc3c(c2C#N)CC[C@H](C(C)(C)C)C3)nnc1[C@H](NC(=O)c1ccccc1)C(C)C. The topological polar surface area (TPSA) is 113 Å². The van der Waals surface area contributed by atoms with Crippen LogP contribution in [0.2, 0.25) is 0 Å². The van der Waals surface area contributed by atoms with E-state index < -0.39 is 0 Å². The highest BCUT2D eigenvalue weighted by Gasteiger charge is 2.32. The Balaban J connectivity index is 1.44. The molecule has 0 unspecified atom stereocenters. The van der Waals surface area contributed by atoms with Crippen molar-refractivity contribution in [3.8, 4) is 6.07 Å². The summed E-state index contributed by atoms with van der Waals surface area (Å²) in [5, 5.41) is 26.0. The molecule has 212 valence electrons. The van der Waals surface area contributed by atoms with Crippen molar-refractivity contribution in [3.05, 3.63) is 57.7 Å². The van der Waals surface area contributed by atoms with Crippen LogP contribution in [0.5, 0.6) is 0 Å². The van der Waals surface area contributed by atoms with Crippen molar-refractivity contribution >= 4 is 39.9 Å². The van der Waals surface area contributed by atoms with Gasteiger partial charge in [-0.05, 0) is 61.1 Å². The maximum absolute atomic E-state index is 13.0. The zero-order valence-corrected chi connectivity index (χ0v) is 25.7. The fourth-order valence-corrected chi connectivity index (χ4v) is 7.21. The number of nitrogens with one attached hydrogen (secondary N) is 2.